The van der Waals surface area contributed by atoms with Crippen LogP contribution in [-0.2, 0) is 0 Å². The van der Waals surface area contributed by atoms with Crippen LogP contribution < -0.4 is 5.32 Å². The highest BCUT2D eigenvalue weighted by atomic mass is 79.9. The van der Waals surface area contributed by atoms with Crippen molar-refractivity contribution in [3.05, 3.63) is 56.6 Å². The van der Waals surface area contributed by atoms with Crippen molar-refractivity contribution in [2.24, 2.45) is 0 Å². The molecule has 0 saturated heterocycles. The van der Waals surface area contributed by atoms with E-state index >= 15 is 0 Å². The molecule has 18 heavy (non-hydrogen) atoms. The lowest BCUT2D eigenvalue weighted by molar-refractivity contribution is 0.875. The third-order valence-corrected chi connectivity index (χ3v) is 3.60. The normalized spacial score (nSPS) is 12.2. The first-order valence-electron chi connectivity index (χ1n) is 5.40. The Labute approximate surface area is 124 Å². The number of hydrogen-bond donors (Lipinski definition) is 1. The molecule has 0 radical (unpaired) electrons. The van der Waals surface area contributed by atoms with Crippen molar-refractivity contribution in [2.45, 2.75) is 13.0 Å². The van der Waals surface area contributed by atoms with Gasteiger partial charge in [0.25, 0.3) is 0 Å². The van der Waals surface area contributed by atoms with E-state index in [0.717, 1.165) is 15.1 Å². The van der Waals surface area contributed by atoms with Crippen molar-refractivity contribution < 1.29 is 0 Å². The van der Waals surface area contributed by atoms with Gasteiger partial charge in [-0.05, 0) is 40.5 Å². The fraction of sp³-hybridized carbons (Fsp3) is 0.154. The predicted molar refractivity (Wildman–Crippen MR) is 80.4 cm³/mol. The number of halogens is 3. The van der Waals surface area contributed by atoms with Gasteiger partial charge in [0, 0.05) is 15.7 Å². The summed E-state index contributed by atoms with van der Waals surface area (Å²) in [5.74, 6) is 0.646. The van der Waals surface area contributed by atoms with Gasteiger partial charge in [0.1, 0.15) is 5.82 Å². The van der Waals surface area contributed by atoms with E-state index in [1.165, 1.54) is 0 Å². The van der Waals surface area contributed by atoms with Gasteiger partial charge in [-0.1, -0.05) is 41.4 Å². The Morgan fingerprint density at radius 3 is 2.61 bits per heavy atom. The van der Waals surface area contributed by atoms with Crippen molar-refractivity contribution in [1.82, 2.24) is 4.98 Å². The average Bonchev–Trinajstić information content (AvgIpc) is 2.33. The number of benzene rings is 1. The molecule has 1 aromatic heterocycles. The van der Waals surface area contributed by atoms with E-state index in [1.807, 2.05) is 31.2 Å². The molecular weight excluding hydrogens is 335 g/mol. The topological polar surface area (TPSA) is 24.9 Å². The molecule has 0 bridgehead atoms. The summed E-state index contributed by atoms with van der Waals surface area (Å²) in [5, 5.41) is 4.55. The maximum atomic E-state index is 6.15. The van der Waals surface area contributed by atoms with E-state index < -0.39 is 0 Å². The van der Waals surface area contributed by atoms with Crippen LogP contribution in [-0.4, -0.2) is 4.98 Å². The highest BCUT2D eigenvalue weighted by Gasteiger charge is 2.11. The van der Waals surface area contributed by atoms with Crippen LogP contribution in [0.15, 0.2) is 41.0 Å². The van der Waals surface area contributed by atoms with Gasteiger partial charge in [-0.15, -0.1) is 0 Å². The van der Waals surface area contributed by atoms with Crippen molar-refractivity contribution >= 4 is 44.9 Å². The molecular formula is C13H11BrCl2N2. The van der Waals surface area contributed by atoms with Crippen molar-refractivity contribution in [1.29, 1.82) is 0 Å². The second-order valence-corrected chi connectivity index (χ2v) is 5.60. The lowest BCUT2D eigenvalue weighted by Gasteiger charge is -2.17. The molecule has 1 unspecified atom stereocenters. The van der Waals surface area contributed by atoms with Crippen LogP contribution in [0.25, 0.3) is 0 Å². The van der Waals surface area contributed by atoms with Crippen LogP contribution in [0.5, 0.6) is 0 Å². The van der Waals surface area contributed by atoms with Crippen LogP contribution in [0.1, 0.15) is 18.5 Å². The molecule has 0 saturated carbocycles. The first-order valence-corrected chi connectivity index (χ1v) is 6.95. The quantitative estimate of drug-likeness (QED) is 0.813. The number of nitrogens with zero attached hydrogens (tertiary/aromatic N) is 1. The summed E-state index contributed by atoms with van der Waals surface area (Å²) in [4.78, 5) is 4.24. The van der Waals surface area contributed by atoms with Crippen molar-refractivity contribution in [2.75, 3.05) is 5.32 Å². The van der Waals surface area contributed by atoms with E-state index in [9.17, 15) is 0 Å². The Hall–Kier alpha value is -0.770. The molecule has 0 aliphatic heterocycles. The van der Waals surface area contributed by atoms with Crippen LogP contribution in [0.2, 0.25) is 10.0 Å². The number of pyridine rings is 1. The van der Waals surface area contributed by atoms with E-state index in [1.54, 1.807) is 12.3 Å². The number of nitrogens with one attached hydrogen (secondary N) is 1. The summed E-state index contributed by atoms with van der Waals surface area (Å²) in [6, 6.07) is 9.54. The monoisotopic (exact) mass is 344 g/mol. The maximum Gasteiger partial charge on any atom is 0.145 e. The highest BCUT2D eigenvalue weighted by Crippen LogP contribution is 2.29. The second-order valence-electron chi connectivity index (χ2n) is 3.87. The highest BCUT2D eigenvalue weighted by molar-refractivity contribution is 9.10. The van der Waals surface area contributed by atoms with Crippen molar-refractivity contribution in [3.8, 4) is 0 Å². The predicted octanol–water partition coefficient (Wildman–Crippen LogP) is 5.32. The third-order valence-electron chi connectivity index (χ3n) is 2.53. The van der Waals surface area contributed by atoms with Gasteiger partial charge in [0.15, 0.2) is 0 Å². The van der Waals surface area contributed by atoms with Gasteiger partial charge >= 0.3 is 0 Å². The van der Waals surface area contributed by atoms with Gasteiger partial charge in [0.2, 0.25) is 0 Å². The minimum absolute atomic E-state index is 0.0323. The molecule has 0 aliphatic carbocycles. The lowest BCUT2D eigenvalue weighted by atomic mass is 10.1. The zero-order valence-electron chi connectivity index (χ0n) is 9.62. The van der Waals surface area contributed by atoms with Crippen LogP contribution in [0, 0.1) is 0 Å². The summed E-state index contributed by atoms with van der Waals surface area (Å²) in [7, 11) is 0. The standard InChI is InChI=1S/C13H11BrCl2N2/c1-8(10-4-2-3-5-11(10)15)18-13-12(16)6-9(14)7-17-13/h2-8H,1H3,(H,17,18). The fourth-order valence-electron chi connectivity index (χ4n) is 1.63. The Morgan fingerprint density at radius 2 is 1.94 bits per heavy atom. The van der Waals surface area contributed by atoms with Gasteiger partial charge in [-0.3, -0.25) is 0 Å². The third kappa shape index (κ3) is 3.16. The van der Waals surface area contributed by atoms with Gasteiger partial charge < -0.3 is 5.32 Å². The molecule has 2 rings (SSSR count). The molecule has 2 nitrogen and oxygen atoms in total. The zero-order valence-corrected chi connectivity index (χ0v) is 12.7. The smallest absolute Gasteiger partial charge is 0.145 e. The van der Waals surface area contributed by atoms with Gasteiger partial charge in [0.05, 0.1) is 11.1 Å². The van der Waals surface area contributed by atoms with Crippen molar-refractivity contribution in [3.63, 3.8) is 0 Å². The number of rotatable bonds is 3. The first-order chi connectivity index (χ1) is 8.58. The molecule has 0 spiro atoms. The van der Waals surface area contributed by atoms with E-state index in [4.69, 9.17) is 23.2 Å². The summed E-state index contributed by atoms with van der Waals surface area (Å²) >= 11 is 15.6. The molecule has 94 valence electrons. The van der Waals surface area contributed by atoms with E-state index in [-0.39, 0.29) is 6.04 Å². The summed E-state index contributed by atoms with van der Waals surface area (Å²) in [6.45, 7) is 2.02. The molecule has 0 aliphatic rings. The lowest BCUT2D eigenvalue weighted by Crippen LogP contribution is -2.08. The molecule has 1 aromatic carbocycles. The number of anilines is 1. The van der Waals surface area contributed by atoms with E-state index in [2.05, 4.69) is 26.2 Å². The zero-order chi connectivity index (χ0) is 13.1. The fourth-order valence-corrected chi connectivity index (χ4v) is 2.61. The molecule has 2 aromatic rings. The van der Waals surface area contributed by atoms with Gasteiger partial charge in [-0.2, -0.15) is 0 Å². The van der Waals surface area contributed by atoms with E-state index in [0.29, 0.717) is 10.8 Å². The second kappa shape index (κ2) is 5.91. The molecule has 1 atom stereocenters. The Morgan fingerprint density at radius 1 is 1.22 bits per heavy atom. The summed E-state index contributed by atoms with van der Waals surface area (Å²) < 4.78 is 0.850. The Kier molecular flexibility index (Phi) is 4.49. The Balaban J connectivity index is 2.21. The summed E-state index contributed by atoms with van der Waals surface area (Å²) in [6.07, 6.45) is 1.70. The first kappa shape index (κ1) is 13.7. The van der Waals surface area contributed by atoms with Crippen LogP contribution in [0.4, 0.5) is 5.82 Å². The van der Waals surface area contributed by atoms with Crippen LogP contribution >= 0.6 is 39.1 Å². The minimum Gasteiger partial charge on any atom is -0.362 e. The Bertz CT molecular complexity index is 560. The molecule has 1 heterocycles. The summed E-state index contributed by atoms with van der Waals surface area (Å²) in [5.41, 5.74) is 1.01. The van der Waals surface area contributed by atoms with Crippen LogP contribution in [0.3, 0.4) is 0 Å². The molecule has 0 amide bonds. The molecule has 1 N–H and O–H groups in total. The van der Waals surface area contributed by atoms with Gasteiger partial charge in [-0.25, -0.2) is 4.98 Å². The average molecular weight is 346 g/mol. The molecule has 0 fully saturated rings. The maximum absolute atomic E-state index is 6.15. The number of hydrogen-bond acceptors (Lipinski definition) is 2. The molecule has 5 heteroatoms. The SMILES string of the molecule is CC(Nc1ncc(Br)cc1Cl)c1ccccc1Cl. The minimum atomic E-state index is 0.0323. The number of aromatic nitrogens is 1. The largest absolute Gasteiger partial charge is 0.362 e.